The molecule has 2 aromatic rings. The normalized spacial score (nSPS) is 22.7. The summed E-state index contributed by atoms with van der Waals surface area (Å²) in [6.07, 6.45) is 0.292. The van der Waals surface area contributed by atoms with Crippen molar-refractivity contribution in [3.63, 3.8) is 0 Å². The average molecular weight is 497 g/mol. The van der Waals surface area contributed by atoms with Gasteiger partial charge in [0, 0.05) is 11.6 Å². The number of nitrogens with one attached hydrogen (secondary N) is 1. The van der Waals surface area contributed by atoms with Crippen molar-refractivity contribution in [2.75, 3.05) is 16.4 Å². The fourth-order valence-electron chi connectivity index (χ4n) is 4.41. The van der Waals surface area contributed by atoms with E-state index in [4.69, 9.17) is 0 Å². The van der Waals surface area contributed by atoms with Gasteiger partial charge >= 0.3 is 6.61 Å². The van der Waals surface area contributed by atoms with Gasteiger partial charge in [-0.25, -0.2) is 12.8 Å². The van der Waals surface area contributed by atoms with E-state index >= 15 is 0 Å². The molecule has 2 aromatic carbocycles. The summed E-state index contributed by atoms with van der Waals surface area (Å²) in [5.41, 5.74) is -1.36. The minimum Gasteiger partial charge on any atom is -0.435 e. The number of anilines is 2. The number of carbonyl (C=O) groups is 2. The molecule has 34 heavy (non-hydrogen) atoms. The summed E-state index contributed by atoms with van der Waals surface area (Å²) in [6.45, 7) is 1.76. The van der Waals surface area contributed by atoms with Crippen LogP contribution < -0.4 is 15.0 Å². The third kappa shape index (κ3) is 4.24. The smallest absolute Gasteiger partial charge is 0.387 e. The second-order valence-electron chi connectivity index (χ2n) is 9.35. The number of amides is 2. The maximum atomic E-state index is 14.7. The Hall–Kier alpha value is -3.08. The summed E-state index contributed by atoms with van der Waals surface area (Å²) in [7, 11) is -3.23. The van der Waals surface area contributed by atoms with Crippen LogP contribution in [-0.2, 0) is 20.0 Å². The molecule has 7 nitrogen and oxygen atoms in total. The van der Waals surface area contributed by atoms with E-state index in [9.17, 15) is 31.2 Å². The van der Waals surface area contributed by atoms with E-state index in [2.05, 4.69) is 10.1 Å². The number of alkyl halides is 2. The molecule has 0 saturated carbocycles. The molecule has 1 fully saturated rings. The predicted octanol–water partition coefficient (Wildman–Crippen LogP) is 3.69. The largest absolute Gasteiger partial charge is 0.435 e. The molecule has 11 heteroatoms. The van der Waals surface area contributed by atoms with Crippen LogP contribution >= 0.6 is 0 Å². The lowest BCUT2D eigenvalue weighted by Gasteiger charge is -2.24. The fraction of sp³-hybridized carbons (Fsp3) is 0.391. The Morgan fingerprint density at radius 3 is 2.44 bits per heavy atom. The van der Waals surface area contributed by atoms with Gasteiger partial charge in [-0.05, 0) is 63.1 Å². The van der Waals surface area contributed by atoms with Gasteiger partial charge in [0.2, 0.25) is 5.91 Å². The number of ether oxygens (including phenoxy) is 1. The first-order chi connectivity index (χ1) is 15.7. The highest BCUT2D eigenvalue weighted by Gasteiger charge is 2.46. The summed E-state index contributed by atoms with van der Waals surface area (Å²) < 4.78 is 68.0. The number of halogens is 3. The summed E-state index contributed by atoms with van der Waals surface area (Å²) in [5, 5.41) is 2.77. The molecule has 1 saturated heterocycles. The van der Waals surface area contributed by atoms with Crippen molar-refractivity contribution in [1.29, 1.82) is 0 Å². The number of sulfone groups is 1. The van der Waals surface area contributed by atoms with E-state index in [0.29, 0.717) is 17.7 Å². The predicted molar refractivity (Wildman–Crippen MR) is 119 cm³/mol. The van der Waals surface area contributed by atoms with Crippen LogP contribution in [0.1, 0.15) is 43.1 Å². The molecule has 2 aliphatic heterocycles. The zero-order valence-electron chi connectivity index (χ0n) is 18.7. The molecule has 0 unspecified atom stereocenters. The molecule has 1 N–H and O–H groups in total. The third-order valence-corrected chi connectivity index (χ3v) is 8.12. The van der Waals surface area contributed by atoms with Crippen LogP contribution in [0, 0.1) is 5.82 Å². The van der Waals surface area contributed by atoms with E-state index in [0.717, 1.165) is 23.1 Å². The van der Waals surface area contributed by atoms with Crippen molar-refractivity contribution in [2.24, 2.45) is 0 Å². The van der Waals surface area contributed by atoms with Crippen molar-refractivity contribution in [3.05, 3.63) is 53.3 Å². The van der Waals surface area contributed by atoms with Gasteiger partial charge < -0.3 is 10.1 Å². The maximum Gasteiger partial charge on any atom is 0.387 e. The van der Waals surface area contributed by atoms with Gasteiger partial charge in [0.1, 0.15) is 11.6 Å². The Labute approximate surface area is 194 Å². The number of rotatable bonds is 5. The Bertz CT molecular complexity index is 1300. The second kappa shape index (κ2) is 8.00. The monoisotopic (exact) mass is 496 g/mol. The second-order valence-corrected chi connectivity index (χ2v) is 11.5. The first-order valence-electron chi connectivity index (χ1n) is 10.5. The highest BCUT2D eigenvalue weighted by Crippen LogP contribution is 2.47. The minimum atomic E-state index is -3.23. The lowest BCUT2D eigenvalue weighted by molar-refractivity contribution is -0.121. The van der Waals surface area contributed by atoms with Crippen LogP contribution in [-0.4, -0.2) is 43.9 Å². The average Bonchev–Trinajstić information content (AvgIpc) is 3.12. The molecule has 0 radical (unpaired) electrons. The van der Waals surface area contributed by atoms with Crippen LogP contribution in [0.5, 0.6) is 5.75 Å². The van der Waals surface area contributed by atoms with E-state index in [1.807, 2.05) is 0 Å². The molecule has 0 spiro atoms. The molecule has 182 valence electrons. The Balaban J connectivity index is 1.70. The fourth-order valence-corrected chi connectivity index (χ4v) is 6.50. The standard InChI is InChI=1S/C23H23F3N2O5S/c1-22(2)15-10-13(19(29)27-23(3)8-9-34(31,32)12-23)4-7-17(15)28(20(22)30)18-11-14(33-21(25)26)5-6-16(18)24/h4-7,10-11,21H,8-9,12H2,1-3H3,(H,27,29)/t23-/m0/s1. The SMILES string of the molecule is CC1(C)C(=O)N(c2cc(OC(F)F)ccc2F)c2ccc(C(=O)N[C@@]3(C)CCS(=O)(=O)C3)cc21. The number of carbonyl (C=O) groups excluding carboxylic acids is 2. The van der Waals surface area contributed by atoms with Gasteiger partial charge in [0.05, 0.1) is 33.8 Å². The van der Waals surface area contributed by atoms with E-state index < -0.39 is 45.0 Å². The first-order valence-corrected chi connectivity index (χ1v) is 12.3. The molecule has 0 aromatic heterocycles. The van der Waals surface area contributed by atoms with Crippen LogP contribution in [0.3, 0.4) is 0 Å². The van der Waals surface area contributed by atoms with Crippen LogP contribution in [0.15, 0.2) is 36.4 Å². The summed E-state index contributed by atoms with van der Waals surface area (Å²) in [5.74, 6) is -2.30. The van der Waals surface area contributed by atoms with Crippen LogP contribution in [0.2, 0.25) is 0 Å². The molecule has 4 rings (SSSR count). The van der Waals surface area contributed by atoms with Gasteiger partial charge in [-0.2, -0.15) is 8.78 Å². The number of fused-ring (bicyclic) bond motifs is 1. The summed E-state index contributed by atoms with van der Waals surface area (Å²) in [4.78, 5) is 27.2. The van der Waals surface area contributed by atoms with Crippen molar-refractivity contribution in [3.8, 4) is 5.75 Å². The van der Waals surface area contributed by atoms with Gasteiger partial charge in [-0.15, -0.1) is 0 Å². The topological polar surface area (TPSA) is 92.8 Å². The minimum absolute atomic E-state index is 0.00956. The van der Waals surface area contributed by atoms with Crippen LogP contribution in [0.4, 0.5) is 24.5 Å². The third-order valence-electron chi connectivity index (χ3n) is 6.21. The molecule has 0 bridgehead atoms. The Morgan fingerprint density at radius 1 is 1.12 bits per heavy atom. The van der Waals surface area contributed by atoms with Gasteiger partial charge in [-0.1, -0.05) is 0 Å². The molecule has 2 amide bonds. The molecule has 1 atom stereocenters. The van der Waals surface area contributed by atoms with Crippen molar-refractivity contribution in [2.45, 2.75) is 44.8 Å². The lowest BCUT2D eigenvalue weighted by Crippen LogP contribution is -2.46. The number of hydrogen-bond donors (Lipinski definition) is 1. The summed E-state index contributed by atoms with van der Waals surface area (Å²) in [6, 6.07) is 7.42. The van der Waals surface area contributed by atoms with Crippen molar-refractivity contribution < 1.29 is 35.9 Å². The molecule has 2 aliphatic rings. The lowest BCUT2D eigenvalue weighted by atomic mass is 9.85. The van der Waals surface area contributed by atoms with Crippen molar-refractivity contribution in [1.82, 2.24) is 5.32 Å². The molecule has 0 aliphatic carbocycles. The quantitative estimate of drug-likeness (QED) is 0.682. The van der Waals surface area contributed by atoms with Gasteiger partial charge in [0.15, 0.2) is 9.84 Å². The zero-order valence-corrected chi connectivity index (χ0v) is 19.5. The molecular formula is C23H23F3N2O5S. The highest BCUT2D eigenvalue weighted by atomic mass is 32.2. The molecule has 2 heterocycles. The maximum absolute atomic E-state index is 14.7. The Kier molecular flexibility index (Phi) is 5.66. The zero-order chi connectivity index (χ0) is 25.1. The number of benzene rings is 2. The van der Waals surface area contributed by atoms with E-state index in [1.165, 1.54) is 18.2 Å². The van der Waals surface area contributed by atoms with E-state index in [1.54, 1.807) is 20.8 Å². The van der Waals surface area contributed by atoms with Crippen LogP contribution in [0.25, 0.3) is 0 Å². The number of nitrogens with zero attached hydrogens (tertiary/aromatic N) is 1. The van der Waals surface area contributed by atoms with Crippen molar-refractivity contribution >= 4 is 33.0 Å². The highest BCUT2D eigenvalue weighted by molar-refractivity contribution is 7.91. The molecular weight excluding hydrogens is 473 g/mol. The summed E-state index contributed by atoms with van der Waals surface area (Å²) >= 11 is 0. The van der Waals surface area contributed by atoms with Gasteiger partial charge in [-0.3, -0.25) is 14.5 Å². The Morgan fingerprint density at radius 2 is 1.82 bits per heavy atom. The first kappa shape index (κ1) is 24.1. The number of hydrogen-bond acceptors (Lipinski definition) is 5. The van der Waals surface area contributed by atoms with Gasteiger partial charge in [0.25, 0.3) is 5.91 Å². The van der Waals surface area contributed by atoms with E-state index in [-0.39, 0.29) is 28.5 Å².